The summed E-state index contributed by atoms with van der Waals surface area (Å²) < 4.78 is 18.1. The highest BCUT2D eigenvalue weighted by atomic mass is 16.5. The third-order valence-corrected chi connectivity index (χ3v) is 6.29. The molecule has 1 saturated heterocycles. The fraction of sp³-hybridized carbons (Fsp3) is 0.500. The molecule has 3 aliphatic heterocycles. The van der Waals surface area contributed by atoms with Gasteiger partial charge < -0.3 is 18.8 Å². The summed E-state index contributed by atoms with van der Waals surface area (Å²) >= 11 is 0. The van der Waals surface area contributed by atoms with Gasteiger partial charge in [-0.3, -0.25) is 9.69 Å². The van der Waals surface area contributed by atoms with E-state index >= 15 is 0 Å². The molecule has 0 N–H and O–H groups in total. The van der Waals surface area contributed by atoms with Crippen LogP contribution in [0.1, 0.15) is 48.7 Å². The number of benzene rings is 1. The average molecular weight is 424 g/mol. The van der Waals surface area contributed by atoms with E-state index in [0.717, 1.165) is 37.3 Å². The van der Waals surface area contributed by atoms with Gasteiger partial charge in [-0.1, -0.05) is 0 Å². The smallest absolute Gasteiger partial charge is 0.336 e. The Morgan fingerprint density at radius 2 is 1.87 bits per heavy atom. The molecule has 164 valence electrons. The maximum absolute atomic E-state index is 13.0. The van der Waals surface area contributed by atoms with Crippen molar-refractivity contribution in [2.45, 2.75) is 45.4 Å². The van der Waals surface area contributed by atoms with Crippen LogP contribution >= 0.6 is 0 Å². The SMILES string of the molecule is CC1CC(=O)c2c(c3c(c4c(CN5CCN(C)CC5)cc(=O)oc24)OC(C)(C)C=C3)O1. The van der Waals surface area contributed by atoms with Crippen molar-refractivity contribution in [2.24, 2.45) is 0 Å². The molecule has 5 rings (SSSR count). The molecule has 1 fully saturated rings. The van der Waals surface area contributed by atoms with E-state index in [1.807, 2.05) is 32.9 Å². The second-order valence-corrected chi connectivity index (χ2v) is 9.42. The van der Waals surface area contributed by atoms with Crippen LogP contribution in [0.2, 0.25) is 0 Å². The highest BCUT2D eigenvalue weighted by molar-refractivity contribution is 6.13. The number of rotatable bonds is 2. The van der Waals surface area contributed by atoms with E-state index in [1.165, 1.54) is 0 Å². The largest absolute Gasteiger partial charge is 0.489 e. The molecule has 0 spiro atoms. The number of carbonyl (C=O) groups is 1. The normalized spacial score (nSPS) is 23.2. The maximum atomic E-state index is 13.0. The van der Waals surface area contributed by atoms with Crippen LogP contribution in [0.4, 0.5) is 0 Å². The Labute approximate surface area is 181 Å². The summed E-state index contributed by atoms with van der Waals surface area (Å²) in [6.07, 6.45) is 3.94. The van der Waals surface area contributed by atoms with Crippen LogP contribution in [0.15, 0.2) is 21.4 Å². The first kappa shape index (κ1) is 20.3. The Kier molecular flexibility index (Phi) is 4.71. The standard InChI is InChI=1S/C24H28N2O5/c1-14-11-17(27)20-21(29-14)16-5-6-24(2,3)31-22(16)19-15(12-18(28)30-23(19)20)13-26-9-7-25(4)8-10-26/h5-6,12,14H,7-11,13H2,1-4H3. The molecule has 0 saturated carbocycles. The van der Waals surface area contributed by atoms with Crippen LogP contribution in [0, 0.1) is 0 Å². The number of likely N-dealkylation sites (N-methyl/N-ethyl adjacent to an activating group) is 1. The first-order chi connectivity index (χ1) is 14.7. The monoisotopic (exact) mass is 424 g/mol. The van der Waals surface area contributed by atoms with Crippen LogP contribution in [0.25, 0.3) is 17.0 Å². The second kappa shape index (κ2) is 7.21. The maximum Gasteiger partial charge on any atom is 0.336 e. The van der Waals surface area contributed by atoms with Crippen molar-refractivity contribution in [3.05, 3.63) is 39.3 Å². The van der Waals surface area contributed by atoms with Crippen LogP contribution in [-0.2, 0) is 6.54 Å². The van der Waals surface area contributed by atoms with Crippen molar-refractivity contribution in [1.82, 2.24) is 9.80 Å². The molecule has 0 radical (unpaired) electrons. The van der Waals surface area contributed by atoms with Crippen molar-refractivity contribution >= 4 is 22.8 Å². The summed E-state index contributed by atoms with van der Waals surface area (Å²) in [7, 11) is 2.11. The molecule has 7 nitrogen and oxygen atoms in total. The Hall–Kier alpha value is -2.64. The zero-order valence-electron chi connectivity index (χ0n) is 18.5. The Morgan fingerprint density at radius 1 is 1.13 bits per heavy atom. The Balaban J connectivity index is 1.76. The predicted octanol–water partition coefficient (Wildman–Crippen LogP) is 3.08. The summed E-state index contributed by atoms with van der Waals surface area (Å²) in [6, 6.07) is 1.54. The predicted molar refractivity (Wildman–Crippen MR) is 118 cm³/mol. The molecule has 3 aliphatic rings. The fourth-order valence-corrected chi connectivity index (χ4v) is 4.63. The van der Waals surface area contributed by atoms with Gasteiger partial charge in [0.25, 0.3) is 0 Å². The number of nitrogens with zero attached hydrogens (tertiary/aromatic N) is 2. The third kappa shape index (κ3) is 3.55. The van der Waals surface area contributed by atoms with E-state index in [2.05, 4.69) is 16.8 Å². The molecule has 7 heteroatoms. The van der Waals surface area contributed by atoms with E-state index in [9.17, 15) is 9.59 Å². The lowest BCUT2D eigenvalue weighted by atomic mass is 9.90. The summed E-state index contributed by atoms with van der Waals surface area (Å²) in [5, 5.41) is 0.705. The van der Waals surface area contributed by atoms with E-state index in [-0.39, 0.29) is 23.9 Å². The number of ketones is 1. The topological polar surface area (TPSA) is 72.2 Å². The lowest BCUT2D eigenvalue weighted by Gasteiger charge is -2.34. The molecular formula is C24H28N2O5. The third-order valence-electron chi connectivity index (χ3n) is 6.29. The van der Waals surface area contributed by atoms with Gasteiger partial charge in [0, 0.05) is 45.2 Å². The molecule has 0 aliphatic carbocycles. The van der Waals surface area contributed by atoms with Crippen molar-refractivity contribution in [1.29, 1.82) is 0 Å². The van der Waals surface area contributed by atoms with Gasteiger partial charge in [-0.15, -0.1) is 0 Å². The number of hydrogen-bond donors (Lipinski definition) is 0. The van der Waals surface area contributed by atoms with Gasteiger partial charge in [-0.05, 0) is 45.5 Å². The van der Waals surface area contributed by atoms with E-state index < -0.39 is 11.2 Å². The van der Waals surface area contributed by atoms with Gasteiger partial charge in [0.15, 0.2) is 11.4 Å². The molecule has 2 aromatic rings. The minimum absolute atomic E-state index is 0.0697. The van der Waals surface area contributed by atoms with Gasteiger partial charge in [0.2, 0.25) is 0 Å². The van der Waals surface area contributed by atoms with E-state index in [0.29, 0.717) is 29.0 Å². The quantitative estimate of drug-likeness (QED) is 0.686. The van der Waals surface area contributed by atoms with Crippen LogP contribution < -0.4 is 15.1 Å². The highest BCUT2D eigenvalue weighted by Gasteiger charge is 2.36. The van der Waals surface area contributed by atoms with E-state index in [1.54, 1.807) is 6.07 Å². The number of carbonyl (C=O) groups excluding carboxylic acids is 1. The van der Waals surface area contributed by atoms with Crippen molar-refractivity contribution in [3.8, 4) is 11.5 Å². The first-order valence-electron chi connectivity index (χ1n) is 10.9. The van der Waals surface area contributed by atoms with Gasteiger partial charge in [-0.25, -0.2) is 4.79 Å². The summed E-state index contributed by atoms with van der Waals surface area (Å²) in [4.78, 5) is 30.2. The van der Waals surface area contributed by atoms with Crippen LogP contribution in [-0.4, -0.2) is 60.5 Å². The zero-order chi connectivity index (χ0) is 21.9. The lowest BCUT2D eigenvalue weighted by molar-refractivity contribution is 0.0869. The Bertz CT molecular complexity index is 1150. The molecule has 1 aromatic heterocycles. The molecule has 1 atom stereocenters. The number of hydrogen-bond acceptors (Lipinski definition) is 7. The summed E-state index contributed by atoms with van der Waals surface area (Å²) in [6.45, 7) is 10.2. The number of ether oxygens (including phenoxy) is 2. The number of Topliss-reactive ketones (excluding diaryl/α,β-unsaturated/α-hetero) is 1. The zero-order valence-corrected chi connectivity index (χ0v) is 18.5. The minimum Gasteiger partial charge on any atom is -0.489 e. The van der Waals surface area contributed by atoms with Gasteiger partial charge in [-0.2, -0.15) is 0 Å². The molecule has 0 bridgehead atoms. The van der Waals surface area contributed by atoms with Gasteiger partial charge in [0.05, 0.1) is 10.9 Å². The molecule has 1 unspecified atom stereocenters. The molecule has 4 heterocycles. The van der Waals surface area contributed by atoms with Crippen molar-refractivity contribution in [3.63, 3.8) is 0 Å². The van der Waals surface area contributed by atoms with Crippen molar-refractivity contribution < 1.29 is 18.7 Å². The highest BCUT2D eigenvalue weighted by Crippen LogP contribution is 2.48. The molecule has 31 heavy (non-hydrogen) atoms. The van der Waals surface area contributed by atoms with E-state index in [4.69, 9.17) is 13.9 Å². The Morgan fingerprint density at radius 3 is 2.61 bits per heavy atom. The number of fused-ring (bicyclic) bond motifs is 6. The second-order valence-electron chi connectivity index (χ2n) is 9.42. The number of piperazine rings is 1. The minimum atomic E-state index is -0.528. The van der Waals surface area contributed by atoms with Crippen molar-refractivity contribution in [2.75, 3.05) is 33.2 Å². The first-order valence-corrected chi connectivity index (χ1v) is 10.9. The molecule has 0 amide bonds. The molecular weight excluding hydrogens is 396 g/mol. The molecule has 1 aromatic carbocycles. The van der Waals surface area contributed by atoms with Crippen LogP contribution in [0.5, 0.6) is 11.5 Å². The average Bonchev–Trinajstić information content (AvgIpc) is 2.68. The fourth-order valence-electron chi connectivity index (χ4n) is 4.63. The lowest BCUT2D eigenvalue weighted by Crippen LogP contribution is -2.44. The summed E-state index contributed by atoms with van der Waals surface area (Å²) in [5.74, 6) is 1.01. The van der Waals surface area contributed by atoms with Crippen LogP contribution in [0.3, 0.4) is 0 Å². The van der Waals surface area contributed by atoms with Gasteiger partial charge in [0.1, 0.15) is 28.8 Å². The summed E-state index contributed by atoms with van der Waals surface area (Å²) in [5.41, 5.74) is 1.23. The van der Waals surface area contributed by atoms with Gasteiger partial charge >= 0.3 is 5.63 Å².